The maximum Gasteiger partial charge on any atom is 0.333 e. The SMILES string of the molecule is COc1ccc(-c2noc(-c3ccc4c(=O)n(-c5ccc(C)cc5)c(=O)[nH]c4c3)n2)cc1OC. The monoisotopic (exact) mass is 456 g/mol. The Hall–Kier alpha value is -4.66. The minimum atomic E-state index is -0.532. The molecule has 0 aliphatic heterocycles. The zero-order chi connectivity index (χ0) is 23.8. The van der Waals surface area contributed by atoms with Gasteiger partial charge in [-0.2, -0.15) is 4.98 Å². The van der Waals surface area contributed by atoms with Gasteiger partial charge < -0.3 is 19.0 Å². The maximum absolute atomic E-state index is 13.1. The summed E-state index contributed by atoms with van der Waals surface area (Å²) in [4.78, 5) is 33.0. The molecule has 5 rings (SSSR count). The maximum atomic E-state index is 13.1. The van der Waals surface area contributed by atoms with E-state index in [1.54, 1.807) is 62.8 Å². The molecule has 0 bridgehead atoms. The molecule has 0 saturated heterocycles. The predicted molar refractivity (Wildman–Crippen MR) is 127 cm³/mol. The van der Waals surface area contributed by atoms with Crippen molar-refractivity contribution in [2.45, 2.75) is 6.92 Å². The van der Waals surface area contributed by atoms with Crippen molar-refractivity contribution in [1.82, 2.24) is 19.7 Å². The molecule has 3 aromatic carbocycles. The number of nitrogens with zero attached hydrogens (tertiary/aromatic N) is 3. The van der Waals surface area contributed by atoms with Crippen molar-refractivity contribution in [3.63, 3.8) is 0 Å². The molecule has 34 heavy (non-hydrogen) atoms. The minimum absolute atomic E-state index is 0.246. The first-order chi connectivity index (χ1) is 16.5. The van der Waals surface area contributed by atoms with E-state index in [1.165, 1.54) is 0 Å². The first-order valence-corrected chi connectivity index (χ1v) is 10.4. The number of hydrogen-bond acceptors (Lipinski definition) is 7. The lowest BCUT2D eigenvalue weighted by Gasteiger charge is -2.07. The van der Waals surface area contributed by atoms with Gasteiger partial charge in [0, 0.05) is 11.1 Å². The fourth-order valence-corrected chi connectivity index (χ4v) is 3.71. The molecule has 0 aliphatic carbocycles. The number of hydrogen-bond donors (Lipinski definition) is 1. The van der Waals surface area contributed by atoms with Crippen LogP contribution in [0.5, 0.6) is 11.5 Å². The average Bonchev–Trinajstić information content (AvgIpc) is 3.35. The summed E-state index contributed by atoms with van der Waals surface area (Å²) >= 11 is 0. The van der Waals surface area contributed by atoms with E-state index in [4.69, 9.17) is 14.0 Å². The number of rotatable bonds is 5. The molecular formula is C25H20N4O5. The largest absolute Gasteiger partial charge is 0.493 e. The molecule has 0 unspecified atom stereocenters. The van der Waals surface area contributed by atoms with E-state index < -0.39 is 11.2 Å². The van der Waals surface area contributed by atoms with Crippen LogP contribution < -0.4 is 20.7 Å². The number of fused-ring (bicyclic) bond motifs is 1. The lowest BCUT2D eigenvalue weighted by molar-refractivity contribution is 0.355. The Balaban J connectivity index is 1.54. The predicted octanol–water partition coefficient (Wildman–Crippen LogP) is 3.72. The lowest BCUT2D eigenvalue weighted by atomic mass is 10.1. The Morgan fingerprint density at radius 3 is 2.35 bits per heavy atom. The molecule has 0 amide bonds. The molecule has 0 spiro atoms. The van der Waals surface area contributed by atoms with E-state index in [-0.39, 0.29) is 5.89 Å². The quantitative estimate of drug-likeness (QED) is 0.429. The van der Waals surface area contributed by atoms with Crippen LogP contribution in [0.15, 0.2) is 74.8 Å². The van der Waals surface area contributed by atoms with Gasteiger partial charge in [0.2, 0.25) is 5.82 Å². The van der Waals surface area contributed by atoms with Crippen LogP contribution in [0.2, 0.25) is 0 Å². The van der Waals surface area contributed by atoms with Gasteiger partial charge in [0.1, 0.15) is 0 Å². The van der Waals surface area contributed by atoms with Gasteiger partial charge in [0.15, 0.2) is 11.5 Å². The Morgan fingerprint density at radius 2 is 1.62 bits per heavy atom. The normalized spacial score (nSPS) is 11.0. The molecule has 9 heteroatoms. The van der Waals surface area contributed by atoms with Crippen LogP contribution in [0, 0.1) is 6.92 Å². The third kappa shape index (κ3) is 3.62. The van der Waals surface area contributed by atoms with E-state index in [9.17, 15) is 9.59 Å². The van der Waals surface area contributed by atoms with Crippen molar-refractivity contribution in [1.29, 1.82) is 0 Å². The van der Waals surface area contributed by atoms with Crippen molar-refractivity contribution >= 4 is 10.9 Å². The van der Waals surface area contributed by atoms with Gasteiger partial charge in [-0.25, -0.2) is 9.36 Å². The molecule has 0 saturated carbocycles. The van der Waals surface area contributed by atoms with Gasteiger partial charge in [0.25, 0.3) is 11.4 Å². The van der Waals surface area contributed by atoms with Gasteiger partial charge in [0.05, 0.1) is 30.8 Å². The summed E-state index contributed by atoms with van der Waals surface area (Å²) in [5.74, 6) is 1.74. The molecule has 170 valence electrons. The smallest absolute Gasteiger partial charge is 0.333 e. The molecule has 0 atom stereocenters. The number of aromatic nitrogens is 4. The number of methoxy groups -OCH3 is 2. The van der Waals surface area contributed by atoms with Crippen LogP contribution in [0.3, 0.4) is 0 Å². The van der Waals surface area contributed by atoms with E-state index in [0.717, 1.165) is 10.1 Å². The lowest BCUT2D eigenvalue weighted by Crippen LogP contribution is -2.33. The number of aromatic amines is 1. The number of aryl methyl sites for hydroxylation is 1. The second-order valence-corrected chi connectivity index (χ2v) is 7.66. The molecule has 2 aromatic heterocycles. The summed E-state index contributed by atoms with van der Waals surface area (Å²) in [6.45, 7) is 1.94. The third-order valence-corrected chi connectivity index (χ3v) is 5.50. The van der Waals surface area contributed by atoms with Crippen molar-refractivity contribution in [2.75, 3.05) is 14.2 Å². The summed E-state index contributed by atoms with van der Waals surface area (Å²) in [5.41, 5.74) is 2.21. The van der Waals surface area contributed by atoms with Crippen molar-refractivity contribution in [3.05, 3.63) is 87.1 Å². The van der Waals surface area contributed by atoms with Gasteiger partial charge in [-0.05, 0) is 55.5 Å². The van der Waals surface area contributed by atoms with Crippen LogP contribution in [0.4, 0.5) is 0 Å². The average molecular weight is 456 g/mol. The van der Waals surface area contributed by atoms with Crippen LogP contribution in [-0.2, 0) is 0 Å². The van der Waals surface area contributed by atoms with Crippen molar-refractivity contribution in [2.24, 2.45) is 0 Å². The minimum Gasteiger partial charge on any atom is -0.493 e. The fourth-order valence-electron chi connectivity index (χ4n) is 3.71. The summed E-state index contributed by atoms with van der Waals surface area (Å²) < 4.78 is 17.1. The molecule has 0 aliphatic rings. The van der Waals surface area contributed by atoms with Gasteiger partial charge in [-0.3, -0.25) is 4.79 Å². The molecule has 9 nitrogen and oxygen atoms in total. The number of nitrogens with one attached hydrogen (secondary N) is 1. The van der Waals surface area contributed by atoms with Crippen molar-refractivity contribution < 1.29 is 14.0 Å². The Morgan fingerprint density at radius 1 is 0.882 bits per heavy atom. The Kier molecular flexibility index (Phi) is 5.21. The van der Waals surface area contributed by atoms with E-state index >= 15 is 0 Å². The second kappa shape index (κ2) is 8.36. The molecule has 0 radical (unpaired) electrons. The van der Waals surface area contributed by atoms with Crippen LogP contribution in [-0.4, -0.2) is 33.9 Å². The molecule has 0 fully saturated rings. The zero-order valence-corrected chi connectivity index (χ0v) is 18.7. The zero-order valence-electron chi connectivity index (χ0n) is 18.7. The highest BCUT2D eigenvalue weighted by Gasteiger charge is 2.15. The van der Waals surface area contributed by atoms with Crippen LogP contribution >= 0.6 is 0 Å². The van der Waals surface area contributed by atoms with Gasteiger partial charge in [-0.15, -0.1) is 0 Å². The van der Waals surface area contributed by atoms with Crippen molar-refractivity contribution in [3.8, 4) is 40.0 Å². The molecule has 1 N–H and O–H groups in total. The number of ether oxygens (including phenoxy) is 2. The van der Waals surface area contributed by atoms with E-state index in [1.807, 2.05) is 19.1 Å². The molecule has 2 heterocycles. The summed E-state index contributed by atoms with van der Waals surface area (Å²) in [5, 5.41) is 4.41. The Labute approximate surface area is 193 Å². The van der Waals surface area contributed by atoms with Crippen LogP contribution in [0.1, 0.15) is 5.56 Å². The van der Waals surface area contributed by atoms with E-state index in [2.05, 4.69) is 15.1 Å². The fraction of sp³-hybridized carbons (Fsp3) is 0.120. The highest BCUT2D eigenvalue weighted by molar-refractivity contribution is 5.82. The third-order valence-electron chi connectivity index (χ3n) is 5.50. The number of H-pyrrole nitrogens is 1. The summed E-state index contributed by atoms with van der Waals surface area (Å²) in [6, 6.07) is 17.4. The molecule has 5 aromatic rings. The first kappa shape index (κ1) is 21.2. The van der Waals surface area contributed by atoms with Crippen LogP contribution in [0.25, 0.3) is 39.4 Å². The highest BCUT2D eigenvalue weighted by Crippen LogP contribution is 2.32. The number of benzene rings is 3. The Bertz CT molecular complexity index is 1630. The first-order valence-electron chi connectivity index (χ1n) is 10.4. The molecular weight excluding hydrogens is 436 g/mol. The summed E-state index contributed by atoms with van der Waals surface area (Å²) in [7, 11) is 3.11. The van der Waals surface area contributed by atoms with Gasteiger partial charge in [-0.1, -0.05) is 22.9 Å². The van der Waals surface area contributed by atoms with Gasteiger partial charge >= 0.3 is 5.69 Å². The van der Waals surface area contributed by atoms with E-state index in [0.29, 0.717) is 45.0 Å². The summed E-state index contributed by atoms with van der Waals surface area (Å²) in [6.07, 6.45) is 0. The topological polar surface area (TPSA) is 112 Å². The highest BCUT2D eigenvalue weighted by atomic mass is 16.5. The standard InChI is InChI=1S/C25H20N4O5/c1-14-4-8-17(9-5-14)29-24(30)18-10-6-16(12-19(18)26-25(29)31)23-27-22(28-34-23)15-7-11-20(32-2)21(13-15)33-3/h4-13H,1-3H3,(H,26,31). The second-order valence-electron chi connectivity index (χ2n) is 7.66.